The molecule has 0 spiro atoms. The topological polar surface area (TPSA) is 42.0 Å². The number of fused-ring (bicyclic) bond motifs is 1. The van der Waals surface area contributed by atoms with E-state index in [0.29, 0.717) is 10.8 Å². The molecule has 0 saturated carbocycles. The van der Waals surface area contributed by atoms with Gasteiger partial charge in [0.2, 0.25) is 5.91 Å². The number of benzene rings is 1. The van der Waals surface area contributed by atoms with Gasteiger partial charge in [-0.25, -0.2) is 4.98 Å². The van der Waals surface area contributed by atoms with Crippen LogP contribution in [0.1, 0.15) is 29.8 Å². The van der Waals surface area contributed by atoms with Gasteiger partial charge in [-0.2, -0.15) is 0 Å². The summed E-state index contributed by atoms with van der Waals surface area (Å²) in [7, 11) is 0. The quantitative estimate of drug-likeness (QED) is 0.635. The van der Waals surface area contributed by atoms with Gasteiger partial charge in [-0.1, -0.05) is 18.0 Å². The Morgan fingerprint density at radius 3 is 2.82 bits per heavy atom. The molecule has 0 bridgehead atoms. The van der Waals surface area contributed by atoms with E-state index in [-0.39, 0.29) is 5.91 Å². The molecule has 22 heavy (non-hydrogen) atoms. The summed E-state index contributed by atoms with van der Waals surface area (Å²) in [5.41, 5.74) is 1.18. The van der Waals surface area contributed by atoms with Gasteiger partial charge in [0.15, 0.2) is 5.13 Å². The monoisotopic (exact) mass is 352 g/mol. The molecule has 1 heterocycles. The molecule has 1 aliphatic rings. The largest absolute Gasteiger partial charge is 0.301 e. The van der Waals surface area contributed by atoms with Crippen molar-refractivity contribution in [2.75, 3.05) is 11.1 Å². The van der Waals surface area contributed by atoms with Gasteiger partial charge < -0.3 is 5.32 Å². The van der Waals surface area contributed by atoms with Crippen molar-refractivity contribution < 1.29 is 4.79 Å². The highest BCUT2D eigenvalue weighted by atomic mass is 35.5. The SMILES string of the molecule is O=C(CSc1ccc(Cl)cc1)Nc1nc2c(s1)CCCCC2. The molecular weight excluding hydrogens is 336 g/mol. The van der Waals surface area contributed by atoms with Crippen molar-refractivity contribution in [1.82, 2.24) is 4.98 Å². The van der Waals surface area contributed by atoms with Gasteiger partial charge in [0.1, 0.15) is 0 Å². The predicted octanol–water partition coefficient (Wildman–Crippen LogP) is 4.80. The average molecular weight is 353 g/mol. The van der Waals surface area contributed by atoms with Crippen LogP contribution in [-0.4, -0.2) is 16.6 Å². The van der Waals surface area contributed by atoms with Crippen LogP contribution < -0.4 is 5.32 Å². The zero-order chi connectivity index (χ0) is 15.4. The molecule has 1 aromatic carbocycles. The molecule has 6 heteroatoms. The van der Waals surface area contributed by atoms with Gasteiger partial charge in [-0.15, -0.1) is 23.1 Å². The van der Waals surface area contributed by atoms with Crippen molar-refractivity contribution in [3.05, 3.63) is 39.9 Å². The summed E-state index contributed by atoms with van der Waals surface area (Å²) in [4.78, 5) is 19.0. The number of rotatable bonds is 4. The van der Waals surface area contributed by atoms with E-state index >= 15 is 0 Å². The number of anilines is 1. The number of carbonyl (C=O) groups is 1. The highest BCUT2D eigenvalue weighted by molar-refractivity contribution is 8.00. The first-order chi connectivity index (χ1) is 10.7. The van der Waals surface area contributed by atoms with Gasteiger partial charge in [-0.05, 0) is 49.9 Å². The second-order valence-electron chi connectivity index (χ2n) is 5.24. The molecule has 3 nitrogen and oxygen atoms in total. The second kappa shape index (κ2) is 7.49. The van der Waals surface area contributed by atoms with Crippen molar-refractivity contribution in [1.29, 1.82) is 0 Å². The fourth-order valence-electron chi connectivity index (χ4n) is 2.42. The number of thioether (sulfide) groups is 1. The van der Waals surface area contributed by atoms with Crippen LogP contribution in [0.25, 0.3) is 0 Å². The van der Waals surface area contributed by atoms with Crippen molar-refractivity contribution in [2.24, 2.45) is 0 Å². The number of amides is 1. The maximum absolute atomic E-state index is 12.0. The molecule has 0 radical (unpaired) electrons. The number of hydrogen-bond donors (Lipinski definition) is 1. The number of aromatic nitrogens is 1. The van der Waals surface area contributed by atoms with Crippen molar-refractivity contribution in [3.8, 4) is 0 Å². The molecule has 1 aliphatic carbocycles. The van der Waals surface area contributed by atoms with E-state index in [0.717, 1.165) is 22.9 Å². The zero-order valence-corrected chi connectivity index (χ0v) is 14.5. The van der Waals surface area contributed by atoms with Crippen molar-refractivity contribution in [3.63, 3.8) is 0 Å². The third kappa shape index (κ3) is 4.24. The molecule has 0 atom stereocenters. The molecule has 0 saturated heterocycles. The van der Waals surface area contributed by atoms with E-state index in [2.05, 4.69) is 10.3 Å². The molecule has 0 unspecified atom stereocenters. The minimum absolute atomic E-state index is 0.0103. The number of aryl methyl sites for hydroxylation is 2. The normalized spacial score (nSPS) is 14.2. The molecule has 1 amide bonds. The first-order valence-corrected chi connectivity index (χ1v) is 9.55. The summed E-state index contributed by atoms with van der Waals surface area (Å²) in [6.07, 6.45) is 5.86. The molecule has 2 aromatic rings. The second-order valence-corrected chi connectivity index (χ2v) is 7.81. The standard InChI is InChI=1S/C16H17ClN2OS2/c17-11-6-8-12(9-7-11)21-10-15(20)19-16-18-13-4-2-1-3-5-14(13)22-16/h6-9H,1-5,10H2,(H,18,19,20). The van der Waals surface area contributed by atoms with E-state index in [4.69, 9.17) is 11.6 Å². The smallest absolute Gasteiger partial charge is 0.236 e. The summed E-state index contributed by atoms with van der Waals surface area (Å²) in [5.74, 6) is 0.371. The summed E-state index contributed by atoms with van der Waals surface area (Å²) in [5, 5.41) is 4.37. The Morgan fingerprint density at radius 2 is 2.00 bits per heavy atom. The molecular formula is C16H17ClN2OS2. The number of hydrogen-bond acceptors (Lipinski definition) is 4. The van der Waals surface area contributed by atoms with Crippen LogP contribution in [0.15, 0.2) is 29.2 Å². The minimum atomic E-state index is -0.0103. The fourth-order valence-corrected chi connectivity index (χ4v) is 4.31. The van der Waals surface area contributed by atoms with E-state index in [1.165, 1.54) is 41.6 Å². The molecule has 1 aromatic heterocycles. The van der Waals surface area contributed by atoms with E-state index in [1.54, 1.807) is 11.3 Å². The van der Waals surface area contributed by atoms with Gasteiger partial charge in [0.05, 0.1) is 11.4 Å². The zero-order valence-electron chi connectivity index (χ0n) is 12.1. The molecule has 116 valence electrons. The first-order valence-electron chi connectivity index (χ1n) is 7.37. The summed E-state index contributed by atoms with van der Waals surface area (Å²) in [6.45, 7) is 0. The molecule has 0 aliphatic heterocycles. The molecule has 0 fully saturated rings. The Labute approximate surface area is 143 Å². The van der Waals surface area contributed by atoms with E-state index in [1.807, 2.05) is 24.3 Å². The Hall–Kier alpha value is -1.04. The number of halogens is 1. The third-order valence-electron chi connectivity index (χ3n) is 3.53. The lowest BCUT2D eigenvalue weighted by Gasteiger charge is -2.02. The highest BCUT2D eigenvalue weighted by Crippen LogP contribution is 2.29. The lowest BCUT2D eigenvalue weighted by molar-refractivity contribution is -0.113. The molecule has 3 rings (SSSR count). The molecule has 1 N–H and O–H groups in total. The number of nitrogens with one attached hydrogen (secondary N) is 1. The van der Waals surface area contributed by atoms with Crippen LogP contribution in [0.5, 0.6) is 0 Å². The Morgan fingerprint density at radius 1 is 1.23 bits per heavy atom. The van der Waals surface area contributed by atoms with Crippen molar-refractivity contribution in [2.45, 2.75) is 37.0 Å². The van der Waals surface area contributed by atoms with Crippen molar-refractivity contribution >= 4 is 45.7 Å². The van der Waals surface area contributed by atoms with Gasteiger partial charge in [0, 0.05) is 14.8 Å². The van der Waals surface area contributed by atoms with Crippen LogP contribution in [0, 0.1) is 0 Å². The van der Waals surface area contributed by atoms with Crippen LogP contribution in [-0.2, 0) is 17.6 Å². The number of carbonyl (C=O) groups excluding carboxylic acids is 1. The van der Waals surface area contributed by atoms with Crippen LogP contribution in [0.2, 0.25) is 5.02 Å². The maximum atomic E-state index is 12.0. The van der Waals surface area contributed by atoms with E-state index in [9.17, 15) is 4.79 Å². The summed E-state index contributed by atoms with van der Waals surface area (Å²) < 4.78 is 0. The Kier molecular flexibility index (Phi) is 5.39. The van der Waals surface area contributed by atoms with Gasteiger partial charge in [-0.3, -0.25) is 4.79 Å². The average Bonchev–Trinajstić information content (AvgIpc) is 2.75. The van der Waals surface area contributed by atoms with Gasteiger partial charge in [0.25, 0.3) is 0 Å². The number of thiazole rings is 1. The minimum Gasteiger partial charge on any atom is -0.301 e. The fraction of sp³-hybridized carbons (Fsp3) is 0.375. The number of nitrogens with zero attached hydrogens (tertiary/aromatic N) is 1. The Balaban J connectivity index is 1.54. The van der Waals surface area contributed by atoms with Crippen LogP contribution in [0.3, 0.4) is 0 Å². The summed E-state index contributed by atoms with van der Waals surface area (Å²) in [6, 6.07) is 7.51. The lowest BCUT2D eigenvalue weighted by atomic mass is 10.2. The third-order valence-corrected chi connectivity index (χ3v) is 5.86. The predicted molar refractivity (Wildman–Crippen MR) is 94.2 cm³/mol. The van der Waals surface area contributed by atoms with Crippen LogP contribution >= 0.6 is 34.7 Å². The Bertz CT molecular complexity index is 631. The maximum Gasteiger partial charge on any atom is 0.236 e. The van der Waals surface area contributed by atoms with Gasteiger partial charge >= 0.3 is 0 Å². The van der Waals surface area contributed by atoms with E-state index < -0.39 is 0 Å². The first kappa shape index (κ1) is 15.8. The highest BCUT2D eigenvalue weighted by Gasteiger charge is 2.15. The van der Waals surface area contributed by atoms with Crippen LogP contribution in [0.4, 0.5) is 5.13 Å². The summed E-state index contributed by atoms with van der Waals surface area (Å²) >= 11 is 8.98. The lowest BCUT2D eigenvalue weighted by Crippen LogP contribution is -2.13.